The maximum Gasteiger partial charge on any atom is 0.337 e. The van der Waals surface area contributed by atoms with Crippen LogP contribution < -0.4 is 11.2 Å². The maximum absolute atomic E-state index is 13.7. The summed E-state index contributed by atoms with van der Waals surface area (Å²) in [6, 6.07) is 12.1. The van der Waals surface area contributed by atoms with Crippen LogP contribution in [0.5, 0.6) is 0 Å². The van der Waals surface area contributed by atoms with E-state index >= 15 is 0 Å². The third kappa shape index (κ3) is 3.94. The van der Waals surface area contributed by atoms with E-state index < -0.39 is 5.69 Å². The third-order valence-corrected chi connectivity index (χ3v) is 8.44. The number of benzene rings is 2. The summed E-state index contributed by atoms with van der Waals surface area (Å²) < 4.78 is 2.64. The highest BCUT2D eigenvalue weighted by Gasteiger charge is 2.25. The molecule has 0 saturated heterocycles. The quantitative estimate of drug-likeness (QED) is 0.315. The summed E-state index contributed by atoms with van der Waals surface area (Å²) in [5.74, 6) is -0.278. The molecule has 5 rings (SSSR count). The summed E-state index contributed by atoms with van der Waals surface area (Å²) in [5, 5.41) is 1.19. The Morgan fingerprint density at radius 1 is 1.00 bits per heavy atom. The number of hydrogen-bond acceptors (Lipinski definition) is 4. The summed E-state index contributed by atoms with van der Waals surface area (Å²) in [7, 11) is 0. The first-order valence-electron chi connectivity index (χ1n) is 11.3. The van der Waals surface area contributed by atoms with Gasteiger partial charge in [-0.15, -0.1) is 11.3 Å². The Bertz CT molecular complexity index is 1550. The van der Waals surface area contributed by atoms with Crippen molar-refractivity contribution in [3.8, 4) is 5.69 Å². The second kappa shape index (κ2) is 9.17. The lowest BCUT2D eigenvalue weighted by atomic mass is 9.97. The second-order valence-electron chi connectivity index (χ2n) is 8.47. The highest BCUT2D eigenvalue weighted by Crippen LogP contribution is 2.34. The molecule has 34 heavy (non-hydrogen) atoms. The summed E-state index contributed by atoms with van der Waals surface area (Å²) in [6.07, 6.45) is 4.60. The second-order valence-corrected chi connectivity index (χ2v) is 10.4. The Morgan fingerprint density at radius 2 is 1.74 bits per heavy atom. The molecule has 0 fully saturated rings. The molecule has 0 unspecified atom stereocenters. The van der Waals surface area contributed by atoms with Crippen molar-refractivity contribution in [2.24, 2.45) is 0 Å². The van der Waals surface area contributed by atoms with Gasteiger partial charge in [-0.1, -0.05) is 42.3 Å². The third-order valence-electron chi connectivity index (χ3n) is 6.38. The topological polar surface area (TPSA) is 61.1 Å². The van der Waals surface area contributed by atoms with Gasteiger partial charge in [0.05, 0.1) is 27.7 Å². The molecule has 2 aromatic heterocycles. The van der Waals surface area contributed by atoms with Gasteiger partial charge in [-0.3, -0.25) is 14.2 Å². The predicted molar refractivity (Wildman–Crippen MR) is 138 cm³/mol. The van der Waals surface area contributed by atoms with E-state index in [0.29, 0.717) is 26.5 Å². The molecular weight excluding hydrogens is 491 g/mol. The number of thiophene rings is 1. The van der Waals surface area contributed by atoms with Crippen LogP contribution in [0.15, 0.2) is 52.1 Å². The largest absolute Gasteiger partial charge is 0.337 e. The number of fused-ring (bicyclic) bond motifs is 3. The molecule has 0 aliphatic heterocycles. The van der Waals surface area contributed by atoms with Crippen LogP contribution in [-0.4, -0.2) is 14.9 Å². The van der Waals surface area contributed by atoms with Crippen molar-refractivity contribution >= 4 is 50.5 Å². The van der Waals surface area contributed by atoms with E-state index in [4.69, 9.17) is 23.2 Å². The van der Waals surface area contributed by atoms with Gasteiger partial charge < -0.3 is 0 Å². The number of carbonyl (C=O) groups is 1. The minimum absolute atomic E-state index is 0.194. The predicted octanol–water partition coefficient (Wildman–Crippen LogP) is 5.84. The molecule has 0 atom stereocenters. The van der Waals surface area contributed by atoms with E-state index in [1.165, 1.54) is 26.5 Å². The summed E-state index contributed by atoms with van der Waals surface area (Å²) in [5.41, 5.74) is 2.16. The van der Waals surface area contributed by atoms with Crippen molar-refractivity contribution in [1.82, 2.24) is 9.13 Å². The van der Waals surface area contributed by atoms with E-state index in [1.54, 1.807) is 24.3 Å². The Balaban J connectivity index is 1.73. The van der Waals surface area contributed by atoms with Crippen molar-refractivity contribution in [3.63, 3.8) is 0 Å². The molecule has 0 bridgehead atoms. The van der Waals surface area contributed by atoms with Crippen LogP contribution in [0.25, 0.3) is 15.9 Å². The number of ketones is 1. The number of carbonyl (C=O) groups excluding carboxylic acids is 1. The Morgan fingerprint density at radius 3 is 2.44 bits per heavy atom. The number of aromatic nitrogens is 2. The average molecular weight is 513 g/mol. The van der Waals surface area contributed by atoms with E-state index in [9.17, 15) is 14.4 Å². The zero-order chi connectivity index (χ0) is 24.0. The van der Waals surface area contributed by atoms with Crippen LogP contribution in [0, 0.1) is 0 Å². The van der Waals surface area contributed by atoms with Gasteiger partial charge in [-0.2, -0.15) is 0 Å². The number of halogens is 2. The van der Waals surface area contributed by atoms with E-state index in [2.05, 4.69) is 0 Å². The summed E-state index contributed by atoms with van der Waals surface area (Å²) in [6.45, 7) is 1.85. The first kappa shape index (κ1) is 23.1. The standard InChI is InChI=1S/C26H22Cl2N2O3S/c1-2-15-7-10-17(11-8-15)30-24(32)23-18-5-3-4-6-22(18)34-25(23)29(26(30)33)14-21(31)16-9-12-19(27)20(28)13-16/h7-13H,2-6,14H2,1H3. The molecule has 1 aliphatic carbocycles. The van der Waals surface area contributed by atoms with Crippen LogP contribution in [0.2, 0.25) is 10.0 Å². The van der Waals surface area contributed by atoms with Crippen LogP contribution in [0.4, 0.5) is 0 Å². The molecule has 4 aromatic rings. The Labute approximate surface area is 210 Å². The SMILES string of the molecule is CCc1ccc(-n2c(=O)c3c4c(sc3n(CC(=O)c3ccc(Cl)c(Cl)c3)c2=O)CCCC4)cc1. The van der Waals surface area contributed by atoms with Crippen LogP contribution in [-0.2, 0) is 25.8 Å². The number of nitrogens with zero attached hydrogens (tertiary/aromatic N) is 2. The fraction of sp³-hybridized carbons (Fsp3) is 0.269. The molecule has 0 amide bonds. The van der Waals surface area contributed by atoms with Crippen molar-refractivity contribution < 1.29 is 4.79 Å². The molecule has 8 heteroatoms. The molecule has 0 N–H and O–H groups in total. The highest BCUT2D eigenvalue weighted by atomic mass is 35.5. The van der Waals surface area contributed by atoms with Crippen LogP contribution in [0.3, 0.4) is 0 Å². The smallest absolute Gasteiger partial charge is 0.292 e. The molecular formula is C26H22Cl2N2O3S. The van der Waals surface area contributed by atoms with Crippen LogP contribution in [0.1, 0.15) is 46.1 Å². The molecule has 5 nitrogen and oxygen atoms in total. The Kier molecular flexibility index (Phi) is 6.23. The highest BCUT2D eigenvalue weighted by molar-refractivity contribution is 7.18. The van der Waals surface area contributed by atoms with Gasteiger partial charge in [-0.05, 0) is 73.6 Å². The van der Waals surface area contributed by atoms with Gasteiger partial charge in [0.25, 0.3) is 5.56 Å². The monoisotopic (exact) mass is 512 g/mol. The lowest BCUT2D eigenvalue weighted by Gasteiger charge is -2.13. The van der Waals surface area contributed by atoms with Gasteiger partial charge in [0.2, 0.25) is 0 Å². The molecule has 2 aromatic carbocycles. The minimum atomic E-state index is -0.520. The molecule has 0 radical (unpaired) electrons. The van der Waals surface area contributed by atoms with Gasteiger partial charge in [-0.25, -0.2) is 9.36 Å². The molecule has 174 valence electrons. The maximum atomic E-state index is 13.7. The summed E-state index contributed by atoms with van der Waals surface area (Å²) in [4.78, 5) is 42.2. The lowest BCUT2D eigenvalue weighted by molar-refractivity contribution is 0.0971. The normalized spacial score (nSPS) is 13.3. The lowest BCUT2D eigenvalue weighted by Crippen LogP contribution is -2.40. The fourth-order valence-corrected chi connectivity index (χ4v) is 6.19. The summed E-state index contributed by atoms with van der Waals surface area (Å²) >= 11 is 13.6. The number of rotatable bonds is 5. The van der Waals surface area contributed by atoms with E-state index in [0.717, 1.165) is 48.1 Å². The van der Waals surface area contributed by atoms with Crippen molar-refractivity contribution in [2.45, 2.75) is 45.6 Å². The molecule has 1 aliphatic rings. The van der Waals surface area contributed by atoms with Gasteiger partial charge in [0.1, 0.15) is 4.83 Å². The molecule has 0 saturated carbocycles. The fourth-order valence-electron chi connectivity index (χ4n) is 4.52. The van der Waals surface area contributed by atoms with Crippen LogP contribution >= 0.6 is 34.5 Å². The average Bonchev–Trinajstić information content (AvgIpc) is 3.23. The number of aryl methyl sites for hydroxylation is 3. The first-order valence-corrected chi connectivity index (χ1v) is 12.8. The zero-order valence-electron chi connectivity index (χ0n) is 18.6. The van der Waals surface area contributed by atoms with Crippen molar-refractivity contribution in [2.75, 3.05) is 0 Å². The van der Waals surface area contributed by atoms with Gasteiger partial charge >= 0.3 is 5.69 Å². The number of hydrogen-bond donors (Lipinski definition) is 0. The van der Waals surface area contributed by atoms with Crippen molar-refractivity contribution in [3.05, 3.63) is 94.9 Å². The minimum Gasteiger partial charge on any atom is -0.292 e. The van der Waals surface area contributed by atoms with E-state index in [1.807, 2.05) is 19.1 Å². The van der Waals surface area contributed by atoms with Crippen molar-refractivity contribution in [1.29, 1.82) is 0 Å². The zero-order valence-corrected chi connectivity index (χ0v) is 20.9. The number of Topliss-reactive ketones (excluding diaryl/α,β-unsaturated/α-hetero) is 1. The Hall–Kier alpha value is -2.67. The van der Waals surface area contributed by atoms with Gasteiger partial charge in [0.15, 0.2) is 5.78 Å². The van der Waals surface area contributed by atoms with Gasteiger partial charge in [0, 0.05) is 10.4 Å². The molecule has 2 heterocycles. The molecule has 0 spiro atoms. The van der Waals surface area contributed by atoms with E-state index in [-0.39, 0.29) is 22.9 Å². The first-order chi connectivity index (χ1) is 16.4.